The summed E-state index contributed by atoms with van der Waals surface area (Å²) in [5.74, 6) is 0.754. The Morgan fingerprint density at radius 2 is 2.19 bits per heavy atom. The van der Waals surface area contributed by atoms with Crippen molar-refractivity contribution >= 4 is 11.6 Å². The number of benzene rings is 1. The number of nitrogens with one attached hydrogen (secondary N) is 1. The third kappa shape index (κ3) is 4.00. The molecule has 1 rings (SSSR count). The van der Waals surface area contributed by atoms with Gasteiger partial charge >= 0.3 is 0 Å². The maximum Gasteiger partial charge on any atom is 0.137 e. The number of ether oxygens (including phenoxy) is 1. The van der Waals surface area contributed by atoms with Crippen molar-refractivity contribution in [1.29, 1.82) is 0 Å². The smallest absolute Gasteiger partial charge is 0.137 e. The van der Waals surface area contributed by atoms with E-state index in [1.807, 2.05) is 32.2 Å². The van der Waals surface area contributed by atoms with Crippen LogP contribution in [0, 0.1) is 0 Å². The Morgan fingerprint density at radius 3 is 2.75 bits per heavy atom. The summed E-state index contributed by atoms with van der Waals surface area (Å²) in [5, 5.41) is 3.78. The van der Waals surface area contributed by atoms with E-state index in [0.717, 1.165) is 19.0 Å². The average Bonchev–Trinajstić information content (AvgIpc) is 2.22. The monoisotopic (exact) mass is 242 g/mol. The molecular formula is C12H19ClN2O. The fourth-order valence-electron chi connectivity index (χ4n) is 1.55. The van der Waals surface area contributed by atoms with Crippen molar-refractivity contribution < 1.29 is 4.74 Å². The molecule has 3 nitrogen and oxygen atoms in total. The summed E-state index contributed by atoms with van der Waals surface area (Å²) in [7, 11) is 3.99. The lowest BCUT2D eigenvalue weighted by molar-refractivity contribution is 0.309. The molecule has 0 aliphatic carbocycles. The van der Waals surface area contributed by atoms with Gasteiger partial charge in [-0.15, -0.1) is 0 Å². The van der Waals surface area contributed by atoms with Crippen LogP contribution >= 0.6 is 11.6 Å². The molecule has 4 heteroatoms. The van der Waals surface area contributed by atoms with Crippen LogP contribution in [0.4, 0.5) is 0 Å². The lowest BCUT2D eigenvalue weighted by Crippen LogP contribution is -2.27. The van der Waals surface area contributed by atoms with Gasteiger partial charge in [0.15, 0.2) is 0 Å². The maximum atomic E-state index is 6.11. The topological polar surface area (TPSA) is 24.5 Å². The standard InChI is InChI=1S/C12H19ClN2O/c1-4-16-12-6-5-10(7-11(12)13)8-15(3)9-14-2/h5-7,14H,4,8-9H2,1-3H3. The molecule has 0 spiro atoms. The second-order valence-electron chi connectivity index (χ2n) is 3.72. The largest absolute Gasteiger partial charge is 0.492 e. The highest BCUT2D eigenvalue weighted by Crippen LogP contribution is 2.25. The predicted molar refractivity (Wildman–Crippen MR) is 68.0 cm³/mol. The Kier molecular flexibility index (Phi) is 5.60. The third-order valence-corrected chi connectivity index (χ3v) is 2.47. The molecule has 1 aromatic carbocycles. The van der Waals surface area contributed by atoms with Gasteiger partial charge in [-0.2, -0.15) is 0 Å². The van der Waals surface area contributed by atoms with Gasteiger partial charge < -0.3 is 10.1 Å². The summed E-state index contributed by atoms with van der Waals surface area (Å²) in [6.45, 7) is 4.31. The van der Waals surface area contributed by atoms with Gasteiger partial charge in [-0.05, 0) is 38.7 Å². The first-order chi connectivity index (χ1) is 7.67. The minimum atomic E-state index is 0.638. The van der Waals surface area contributed by atoms with Crippen molar-refractivity contribution in [2.24, 2.45) is 0 Å². The highest BCUT2D eigenvalue weighted by atomic mass is 35.5. The Labute approximate surface area is 102 Å². The first-order valence-corrected chi connectivity index (χ1v) is 5.79. The molecule has 0 radical (unpaired) electrons. The zero-order valence-corrected chi connectivity index (χ0v) is 10.8. The molecule has 16 heavy (non-hydrogen) atoms. The highest BCUT2D eigenvalue weighted by molar-refractivity contribution is 6.32. The molecule has 0 bridgehead atoms. The number of nitrogens with zero attached hydrogens (tertiary/aromatic N) is 1. The van der Waals surface area contributed by atoms with E-state index >= 15 is 0 Å². The summed E-state index contributed by atoms with van der Waals surface area (Å²) in [6, 6.07) is 5.93. The van der Waals surface area contributed by atoms with Crippen molar-refractivity contribution in [2.45, 2.75) is 13.5 Å². The van der Waals surface area contributed by atoms with Crippen molar-refractivity contribution in [1.82, 2.24) is 10.2 Å². The molecule has 1 aromatic rings. The Hall–Kier alpha value is -0.770. The molecule has 0 atom stereocenters. The summed E-state index contributed by atoms with van der Waals surface area (Å²) in [6.07, 6.45) is 0. The van der Waals surface area contributed by atoms with E-state index < -0.39 is 0 Å². The fraction of sp³-hybridized carbons (Fsp3) is 0.500. The van der Waals surface area contributed by atoms with E-state index in [4.69, 9.17) is 16.3 Å². The molecule has 0 aliphatic rings. The van der Waals surface area contributed by atoms with Crippen molar-refractivity contribution in [2.75, 3.05) is 27.4 Å². The van der Waals surface area contributed by atoms with Crippen molar-refractivity contribution in [3.8, 4) is 5.75 Å². The van der Waals surface area contributed by atoms with E-state index in [0.29, 0.717) is 11.6 Å². The third-order valence-electron chi connectivity index (χ3n) is 2.18. The molecule has 0 heterocycles. The summed E-state index contributed by atoms with van der Waals surface area (Å²) in [4.78, 5) is 2.17. The number of hydrogen-bond donors (Lipinski definition) is 1. The van der Waals surface area contributed by atoms with Gasteiger partial charge in [0.2, 0.25) is 0 Å². The van der Waals surface area contributed by atoms with E-state index in [9.17, 15) is 0 Å². The molecule has 0 saturated heterocycles. The highest BCUT2D eigenvalue weighted by Gasteiger charge is 2.04. The quantitative estimate of drug-likeness (QED) is 0.775. The first kappa shape index (κ1) is 13.3. The SMILES string of the molecule is CCOc1ccc(CN(C)CNC)cc1Cl. The van der Waals surface area contributed by atoms with Gasteiger partial charge in [-0.1, -0.05) is 17.7 Å². The van der Waals surface area contributed by atoms with Crippen LogP contribution in [0.15, 0.2) is 18.2 Å². The maximum absolute atomic E-state index is 6.11. The van der Waals surface area contributed by atoms with Gasteiger partial charge in [-0.3, -0.25) is 4.90 Å². The zero-order valence-electron chi connectivity index (χ0n) is 10.1. The van der Waals surface area contributed by atoms with Crippen LogP contribution < -0.4 is 10.1 Å². The van der Waals surface area contributed by atoms with E-state index in [1.54, 1.807) is 0 Å². The second-order valence-corrected chi connectivity index (χ2v) is 4.13. The van der Waals surface area contributed by atoms with E-state index in [-0.39, 0.29) is 0 Å². The molecule has 90 valence electrons. The number of hydrogen-bond acceptors (Lipinski definition) is 3. The van der Waals surface area contributed by atoms with Crippen LogP contribution in [0.1, 0.15) is 12.5 Å². The zero-order chi connectivity index (χ0) is 12.0. The Morgan fingerprint density at radius 1 is 1.44 bits per heavy atom. The molecule has 0 saturated carbocycles. The molecule has 0 aromatic heterocycles. The van der Waals surface area contributed by atoms with Gasteiger partial charge in [0.25, 0.3) is 0 Å². The molecule has 0 unspecified atom stereocenters. The predicted octanol–water partition coefficient (Wildman–Crippen LogP) is 2.35. The van der Waals surface area contributed by atoms with Crippen LogP contribution in [-0.4, -0.2) is 32.3 Å². The molecule has 1 N–H and O–H groups in total. The molecule has 0 fully saturated rings. The second kappa shape index (κ2) is 6.74. The van der Waals surface area contributed by atoms with Gasteiger partial charge in [-0.25, -0.2) is 0 Å². The minimum absolute atomic E-state index is 0.638. The minimum Gasteiger partial charge on any atom is -0.492 e. The fourth-order valence-corrected chi connectivity index (χ4v) is 1.81. The van der Waals surface area contributed by atoms with Crippen LogP contribution in [0.2, 0.25) is 5.02 Å². The van der Waals surface area contributed by atoms with E-state index in [2.05, 4.69) is 17.3 Å². The summed E-state index contributed by atoms with van der Waals surface area (Å²) in [5.41, 5.74) is 1.19. The summed E-state index contributed by atoms with van der Waals surface area (Å²) < 4.78 is 5.39. The lowest BCUT2D eigenvalue weighted by atomic mass is 10.2. The number of halogens is 1. The van der Waals surface area contributed by atoms with E-state index in [1.165, 1.54) is 5.56 Å². The van der Waals surface area contributed by atoms with Crippen LogP contribution in [0.25, 0.3) is 0 Å². The lowest BCUT2D eigenvalue weighted by Gasteiger charge is -2.16. The van der Waals surface area contributed by atoms with Crippen LogP contribution in [0.5, 0.6) is 5.75 Å². The Balaban J connectivity index is 2.65. The van der Waals surface area contributed by atoms with Gasteiger partial charge in [0, 0.05) is 13.2 Å². The van der Waals surface area contributed by atoms with Crippen molar-refractivity contribution in [3.05, 3.63) is 28.8 Å². The van der Waals surface area contributed by atoms with Gasteiger partial charge in [0.1, 0.15) is 5.75 Å². The normalized spacial score (nSPS) is 10.8. The van der Waals surface area contributed by atoms with Gasteiger partial charge in [0.05, 0.1) is 11.6 Å². The molecular weight excluding hydrogens is 224 g/mol. The number of rotatable bonds is 6. The van der Waals surface area contributed by atoms with Crippen LogP contribution in [0.3, 0.4) is 0 Å². The Bertz CT molecular complexity index is 331. The average molecular weight is 243 g/mol. The first-order valence-electron chi connectivity index (χ1n) is 5.41. The summed E-state index contributed by atoms with van der Waals surface area (Å²) >= 11 is 6.11. The van der Waals surface area contributed by atoms with Crippen LogP contribution in [-0.2, 0) is 6.54 Å². The molecule has 0 aliphatic heterocycles. The molecule has 0 amide bonds. The van der Waals surface area contributed by atoms with Crippen molar-refractivity contribution in [3.63, 3.8) is 0 Å².